The summed E-state index contributed by atoms with van der Waals surface area (Å²) in [6, 6.07) is 9.26. The first-order valence-electron chi connectivity index (χ1n) is 10.9. The van der Waals surface area contributed by atoms with Crippen molar-refractivity contribution in [2.75, 3.05) is 44.2 Å². The van der Waals surface area contributed by atoms with Crippen LogP contribution >= 0.6 is 0 Å². The van der Waals surface area contributed by atoms with Gasteiger partial charge in [0.25, 0.3) is 0 Å². The van der Waals surface area contributed by atoms with E-state index in [1.807, 2.05) is 0 Å². The van der Waals surface area contributed by atoms with E-state index < -0.39 is 0 Å². The van der Waals surface area contributed by atoms with Gasteiger partial charge in [0.05, 0.1) is 0 Å². The summed E-state index contributed by atoms with van der Waals surface area (Å²) in [6.07, 6.45) is 6.87. The Labute approximate surface area is 164 Å². The molecule has 148 valence electrons. The van der Waals surface area contributed by atoms with Crippen LogP contribution in [0.2, 0.25) is 0 Å². The van der Waals surface area contributed by atoms with Crippen LogP contribution in [0.3, 0.4) is 0 Å². The second kappa shape index (κ2) is 7.83. The number of nitrogens with zero attached hydrogens (tertiary/aromatic N) is 3. The van der Waals surface area contributed by atoms with E-state index >= 15 is 0 Å². The highest BCUT2D eigenvalue weighted by Gasteiger charge is 2.38. The van der Waals surface area contributed by atoms with Crippen LogP contribution in [0.1, 0.15) is 51.0 Å². The number of hydrogen-bond acceptors (Lipinski definition) is 3. The molecule has 2 saturated heterocycles. The van der Waals surface area contributed by atoms with E-state index in [1.165, 1.54) is 30.5 Å². The highest BCUT2D eigenvalue weighted by molar-refractivity contribution is 5.76. The number of amides is 1. The molecule has 1 amide bonds. The molecule has 2 heterocycles. The van der Waals surface area contributed by atoms with Gasteiger partial charge in [-0.2, -0.15) is 0 Å². The van der Waals surface area contributed by atoms with E-state index in [0.29, 0.717) is 17.4 Å². The zero-order valence-corrected chi connectivity index (χ0v) is 17.1. The molecule has 1 aromatic rings. The Balaban J connectivity index is 1.28. The molecule has 0 radical (unpaired) electrons. The van der Waals surface area contributed by atoms with Crippen molar-refractivity contribution in [2.24, 2.45) is 5.41 Å². The fourth-order valence-electron chi connectivity index (χ4n) is 4.76. The van der Waals surface area contributed by atoms with Gasteiger partial charge in [-0.15, -0.1) is 0 Å². The minimum absolute atomic E-state index is 0.395. The molecule has 1 saturated carbocycles. The summed E-state index contributed by atoms with van der Waals surface area (Å²) in [4.78, 5) is 20.0. The lowest BCUT2D eigenvalue weighted by atomic mass is 10.00. The molecule has 2 aliphatic heterocycles. The summed E-state index contributed by atoms with van der Waals surface area (Å²) >= 11 is 0. The van der Waals surface area contributed by atoms with Crippen molar-refractivity contribution in [3.8, 4) is 0 Å². The number of carbonyl (C=O) groups is 1. The summed E-state index contributed by atoms with van der Waals surface area (Å²) < 4.78 is 0. The minimum atomic E-state index is 0.395. The largest absolute Gasteiger partial charge is 0.369 e. The number of piperidine rings is 1. The topological polar surface area (TPSA) is 26.8 Å². The molecule has 4 heteroatoms. The van der Waals surface area contributed by atoms with Crippen LogP contribution in [0.15, 0.2) is 24.3 Å². The second-order valence-corrected chi connectivity index (χ2v) is 9.26. The Hall–Kier alpha value is -1.55. The lowest BCUT2D eigenvalue weighted by Gasteiger charge is -2.44. The SMILES string of the molecule is Cc1ccccc1N1CCN([C@@H]2CCCN(C(=O)CCC3(C)CC3)C2)CC1. The smallest absolute Gasteiger partial charge is 0.222 e. The molecule has 0 N–H and O–H groups in total. The van der Waals surface area contributed by atoms with E-state index in [0.717, 1.165) is 58.5 Å². The van der Waals surface area contributed by atoms with Gasteiger partial charge in [0.1, 0.15) is 0 Å². The van der Waals surface area contributed by atoms with E-state index in [-0.39, 0.29) is 0 Å². The monoisotopic (exact) mass is 369 g/mol. The molecule has 0 aromatic heterocycles. The maximum Gasteiger partial charge on any atom is 0.222 e. The van der Waals surface area contributed by atoms with E-state index in [9.17, 15) is 4.79 Å². The average Bonchev–Trinajstić information content (AvgIpc) is 3.44. The molecule has 0 unspecified atom stereocenters. The fourth-order valence-corrected chi connectivity index (χ4v) is 4.76. The molecule has 1 aliphatic carbocycles. The van der Waals surface area contributed by atoms with Crippen molar-refractivity contribution >= 4 is 11.6 Å². The van der Waals surface area contributed by atoms with Crippen LogP contribution in [0, 0.1) is 12.3 Å². The molecular formula is C23H35N3O. The number of benzene rings is 1. The van der Waals surface area contributed by atoms with Gasteiger partial charge in [0.15, 0.2) is 0 Å². The van der Waals surface area contributed by atoms with Gasteiger partial charge < -0.3 is 9.80 Å². The van der Waals surface area contributed by atoms with Crippen molar-refractivity contribution in [1.82, 2.24) is 9.80 Å². The van der Waals surface area contributed by atoms with E-state index in [1.54, 1.807) is 0 Å². The van der Waals surface area contributed by atoms with Crippen molar-refractivity contribution in [3.05, 3.63) is 29.8 Å². The van der Waals surface area contributed by atoms with Gasteiger partial charge in [-0.05, 0) is 56.1 Å². The van der Waals surface area contributed by atoms with E-state index in [4.69, 9.17) is 0 Å². The van der Waals surface area contributed by atoms with Gasteiger partial charge in [-0.3, -0.25) is 9.69 Å². The predicted molar refractivity (Wildman–Crippen MR) is 111 cm³/mol. The normalized spacial score (nSPS) is 25.5. The van der Waals surface area contributed by atoms with Crippen LogP contribution in [0.4, 0.5) is 5.69 Å². The first-order valence-corrected chi connectivity index (χ1v) is 10.9. The number of anilines is 1. The Kier molecular flexibility index (Phi) is 5.45. The average molecular weight is 370 g/mol. The molecule has 1 aromatic carbocycles. The Bertz CT molecular complexity index is 661. The summed E-state index contributed by atoms with van der Waals surface area (Å²) in [5.74, 6) is 0.395. The second-order valence-electron chi connectivity index (χ2n) is 9.26. The van der Waals surface area contributed by atoms with Crippen LogP contribution in [0.5, 0.6) is 0 Å². The standard InChI is InChI=1S/C23H35N3O/c1-19-6-3-4-8-21(19)25-16-14-24(15-17-25)20-7-5-13-26(18-20)22(27)9-10-23(2)11-12-23/h3-4,6,8,20H,5,7,9-18H2,1-2H3/t20-/m1/s1. The number of carbonyl (C=O) groups excluding carboxylic acids is 1. The number of aryl methyl sites for hydroxylation is 1. The van der Waals surface area contributed by atoms with Crippen LogP contribution in [-0.2, 0) is 4.79 Å². The Morgan fingerprint density at radius 1 is 1.11 bits per heavy atom. The Morgan fingerprint density at radius 3 is 2.56 bits per heavy atom. The quantitative estimate of drug-likeness (QED) is 0.792. The molecule has 3 aliphatic rings. The van der Waals surface area contributed by atoms with Crippen molar-refractivity contribution in [3.63, 3.8) is 0 Å². The third-order valence-electron chi connectivity index (χ3n) is 7.08. The zero-order valence-electron chi connectivity index (χ0n) is 17.1. The van der Waals surface area contributed by atoms with Crippen molar-refractivity contribution < 1.29 is 4.79 Å². The van der Waals surface area contributed by atoms with Crippen LogP contribution in [-0.4, -0.2) is 61.0 Å². The first-order chi connectivity index (χ1) is 13.0. The molecular weight excluding hydrogens is 334 g/mol. The van der Waals surface area contributed by atoms with Crippen LogP contribution < -0.4 is 4.90 Å². The van der Waals surface area contributed by atoms with Crippen LogP contribution in [0.25, 0.3) is 0 Å². The number of rotatable bonds is 5. The van der Waals surface area contributed by atoms with Gasteiger partial charge in [-0.25, -0.2) is 0 Å². The highest BCUT2D eigenvalue weighted by atomic mass is 16.2. The predicted octanol–water partition coefficient (Wildman–Crippen LogP) is 3.69. The minimum Gasteiger partial charge on any atom is -0.369 e. The maximum atomic E-state index is 12.7. The number of likely N-dealkylation sites (tertiary alicyclic amines) is 1. The molecule has 0 bridgehead atoms. The summed E-state index contributed by atoms with van der Waals surface area (Å²) in [7, 11) is 0. The lowest BCUT2D eigenvalue weighted by Crippen LogP contribution is -2.56. The molecule has 3 fully saturated rings. The van der Waals surface area contributed by atoms with Gasteiger partial charge in [0, 0.05) is 57.4 Å². The highest BCUT2D eigenvalue weighted by Crippen LogP contribution is 2.49. The molecule has 4 nitrogen and oxygen atoms in total. The van der Waals surface area contributed by atoms with Crippen molar-refractivity contribution in [1.29, 1.82) is 0 Å². The number of piperazine rings is 1. The third kappa shape index (κ3) is 4.48. The maximum absolute atomic E-state index is 12.7. The summed E-state index contributed by atoms with van der Waals surface area (Å²) in [5.41, 5.74) is 3.23. The summed E-state index contributed by atoms with van der Waals surface area (Å²) in [5, 5.41) is 0. The number of hydrogen-bond donors (Lipinski definition) is 0. The van der Waals surface area contributed by atoms with Gasteiger partial charge in [-0.1, -0.05) is 25.1 Å². The van der Waals surface area contributed by atoms with Gasteiger partial charge in [0.2, 0.25) is 5.91 Å². The zero-order chi connectivity index (χ0) is 18.9. The van der Waals surface area contributed by atoms with Crippen molar-refractivity contribution in [2.45, 2.75) is 58.4 Å². The summed E-state index contributed by atoms with van der Waals surface area (Å²) in [6.45, 7) is 10.8. The fraction of sp³-hybridized carbons (Fsp3) is 0.696. The molecule has 0 spiro atoms. The molecule has 1 atom stereocenters. The third-order valence-corrected chi connectivity index (χ3v) is 7.08. The molecule has 4 rings (SSSR count). The Morgan fingerprint density at radius 2 is 1.85 bits per heavy atom. The lowest BCUT2D eigenvalue weighted by molar-refractivity contribution is -0.133. The first kappa shape index (κ1) is 18.8. The molecule has 27 heavy (non-hydrogen) atoms. The van der Waals surface area contributed by atoms with E-state index in [2.05, 4.69) is 52.8 Å². The number of para-hydroxylation sites is 1. The van der Waals surface area contributed by atoms with Gasteiger partial charge >= 0.3 is 0 Å².